The molecule has 0 radical (unpaired) electrons. The number of carbonyl (C=O) groups is 1. The molecule has 0 unspecified atom stereocenters. The van der Waals surface area contributed by atoms with Crippen LogP contribution in [0.1, 0.15) is 10.5 Å². The van der Waals surface area contributed by atoms with E-state index in [2.05, 4.69) is 10.3 Å². The Morgan fingerprint density at radius 3 is 2.67 bits per heavy atom. The summed E-state index contributed by atoms with van der Waals surface area (Å²) < 4.78 is 15.6. The van der Waals surface area contributed by atoms with Crippen LogP contribution in [-0.4, -0.2) is 25.1 Å². The predicted octanol–water partition coefficient (Wildman–Crippen LogP) is 3.03. The van der Waals surface area contributed by atoms with Gasteiger partial charge in [0.25, 0.3) is 5.91 Å². The molecule has 2 N–H and O–H groups in total. The second-order valence-electron chi connectivity index (χ2n) is 4.41. The maximum Gasteiger partial charge on any atom is 0.272 e. The van der Waals surface area contributed by atoms with Crippen molar-refractivity contribution in [3.63, 3.8) is 0 Å². The number of methoxy groups -OCH3 is 2. The van der Waals surface area contributed by atoms with Gasteiger partial charge < -0.3 is 24.2 Å². The number of ether oxygens (including phenoxy) is 2. The lowest BCUT2D eigenvalue weighted by Crippen LogP contribution is -2.12. The fourth-order valence-corrected chi connectivity index (χ4v) is 2.08. The number of nitrogens with one attached hydrogen (secondary N) is 2. The molecule has 1 aromatic carbocycles. The summed E-state index contributed by atoms with van der Waals surface area (Å²) in [6.07, 6.45) is 1.57. The monoisotopic (exact) mass is 286 g/mol. The second-order valence-corrected chi connectivity index (χ2v) is 4.41. The number of aromatic amines is 1. The summed E-state index contributed by atoms with van der Waals surface area (Å²) in [6, 6.07) is 8.60. The smallest absolute Gasteiger partial charge is 0.272 e. The van der Waals surface area contributed by atoms with Crippen LogP contribution in [0.3, 0.4) is 0 Å². The van der Waals surface area contributed by atoms with Gasteiger partial charge in [-0.15, -0.1) is 0 Å². The van der Waals surface area contributed by atoms with Crippen LogP contribution < -0.4 is 14.8 Å². The number of carbonyl (C=O) groups excluding carboxylic acids is 1. The number of H-pyrrole nitrogens is 1. The SMILES string of the molecule is COc1ccc(NC(=O)c2cc3occc3[nH]2)cc1OC. The van der Waals surface area contributed by atoms with Crippen LogP contribution in [0, 0.1) is 0 Å². The number of hydrogen-bond acceptors (Lipinski definition) is 4. The first-order chi connectivity index (χ1) is 10.2. The molecule has 0 bridgehead atoms. The molecule has 0 atom stereocenters. The zero-order chi connectivity index (χ0) is 14.8. The van der Waals surface area contributed by atoms with Gasteiger partial charge in [0.05, 0.1) is 26.0 Å². The van der Waals surface area contributed by atoms with Crippen molar-refractivity contribution in [3.8, 4) is 11.5 Å². The molecular weight excluding hydrogens is 272 g/mol. The number of hydrogen-bond donors (Lipinski definition) is 2. The maximum atomic E-state index is 12.2. The van der Waals surface area contributed by atoms with E-state index in [0.717, 1.165) is 5.52 Å². The normalized spacial score (nSPS) is 10.6. The molecule has 2 aromatic heterocycles. The Morgan fingerprint density at radius 2 is 1.95 bits per heavy atom. The highest BCUT2D eigenvalue weighted by Gasteiger charge is 2.12. The average molecular weight is 286 g/mol. The fourth-order valence-electron chi connectivity index (χ4n) is 2.08. The van der Waals surface area contributed by atoms with E-state index in [4.69, 9.17) is 13.9 Å². The Bertz CT molecular complexity index is 759. The van der Waals surface area contributed by atoms with Crippen LogP contribution in [0.2, 0.25) is 0 Å². The maximum absolute atomic E-state index is 12.2. The Kier molecular flexibility index (Phi) is 3.27. The number of aromatic nitrogens is 1. The van der Waals surface area contributed by atoms with Gasteiger partial charge in [-0.05, 0) is 12.1 Å². The van der Waals surface area contributed by atoms with Gasteiger partial charge in [-0.1, -0.05) is 0 Å². The summed E-state index contributed by atoms with van der Waals surface area (Å²) in [7, 11) is 3.10. The summed E-state index contributed by atoms with van der Waals surface area (Å²) >= 11 is 0. The third-order valence-corrected chi connectivity index (χ3v) is 3.13. The van der Waals surface area contributed by atoms with E-state index < -0.39 is 0 Å². The molecule has 0 spiro atoms. The Balaban J connectivity index is 1.82. The van der Waals surface area contributed by atoms with Gasteiger partial charge in [-0.25, -0.2) is 0 Å². The zero-order valence-corrected chi connectivity index (χ0v) is 11.6. The molecule has 6 nitrogen and oxygen atoms in total. The first kappa shape index (κ1) is 13.1. The van der Waals surface area contributed by atoms with E-state index in [0.29, 0.717) is 28.5 Å². The highest BCUT2D eigenvalue weighted by Crippen LogP contribution is 2.30. The van der Waals surface area contributed by atoms with Gasteiger partial charge in [-0.2, -0.15) is 0 Å². The van der Waals surface area contributed by atoms with Crippen LogP contribution in [-0.2, 0) is 0 Å². The first-order valence-corrected chi connectivity index (χ1v) is 6.31. The van der Waals surface area contributed by atoms with E-state index in [1.165, 1.54) is 0 Å². The molecule has 3 rings (SSSR count). The van der Waals surface area contributed by atoms with Crippen molar-refractivity contribution in [2.45, 2.75) is 0 Å². The van der Waals surface area contributed by atoms with Gasteiger partial charge in [0.2, 0.25) is 0 Å². The number of benzene rings is 1. The molecule has 0 aliphatic rings. The minimum Gasteiger partial charge on any atom is -0.493 e. The van der Waals surface area contributed by atoms with E-state index >= 15 is 0 Å². The van der Waals surface area contributed by atoms with Crippen LogP contribution in [0.4, 0.5) is 5.69 Å². The lowest BCUT2D eigenvalue weighted by molar-refractivity contribution is 0.102. The molecule has 1 amide bonds. The topological polar surface area (TPSA) is 76.5 Å². The van der Waals surface area contributed by atoms with Crippen molar-refractivity contribution >= 4 is 22.7 Å². The fraction of sp³-hybridized carbons (Fsp3) is 0.133. The van der Waals surface area contributed by atoms with Crippen LogP contribution >= 0.6 is 0 Å². The number of amides is 1. The average Bonchev–Trinajstić information content (AvgIpc) is 3.08. The third-order valence-electron chi connectivity index (χ3n) is 3.13. The number of rotatable bonds is 4. The minimum atomic E-state index is -0.256. The van der Waals surface area contributed by atoms with Crippen molar-refractivity contribution in [1.82, 2.24) is 4.98 Å². The molecule has 108 valence electrons. The summed E-state index contributed by atoms with van der Waals surface area (Å²) in [5.41, 5.74) is 2.47. The van der Waals surface area contributed by atoms with E-state index in [1.54, 1.807) is 50.8 Å². The molecule has 2 heterocycles. The first-order valence-electron chi connectivity index (χ1n) is 6.31. The molecule has 0 aliphatic heterocycles. The second kappa shape index (κ2) is 5.24. The molecule has 0 saturated heterocycles. The quantitative estimate of drug-likeness (QED) is 0.773. The Hall–Kier alpha value is -2.89. The van der Waals surface area contributed by atoms with Crippen molar-refractivity contribution in [1.29, 1.82) is 0 Å². The van der Waals surface area contributed by atoms with Crippen LogP contribution in [0.25, 0.3) is 11.1 Å². The highest BCUT2D eigenvalue weighted by atomic mass is 16.5. The van der Waals surface area contributed by atoms with Crippen LogP contribution in [0.5, 0.6) is 11.5 Å². The number of furan rings is 1. The highest BCUT2D eigenvalue weighted by molar-refractivity contribution is 6.05. The Labute approximate surface area is 120 Å². The summed E-state index contributed by atoms with van der Waals surface area (Å²) in [4.78, 5) is 15.2. The van der Waals surface area contributed by atoms with Crippen molar-refractivity contribution in [3.05, 3.63) is 42.3 Å². The van der Waals surface area contributed by atoms with E-state index in [-0.39, 0.29) is 5.91 Å². The molecule has 3 aromatic rings. The lowest BCUT2D eigenvalue weighted by Gasteiger charge is -2.10. The van der Waals surface area contributed by atoms with E-state index in [1.807, 2.05) is 0 Å². The van der Waals surface area contributed by atoms with Crippen LogP contribution in [0.15, 0.2) is 41.0 Å². The molecule has 0 fully saturated rings. The van der Waals surface area contributed by atoms with Gasteiger partial charge in [0.1, 0.15) is 5.69 Å². The molecule has 6 heteroatoms. The molecule has 0 saturated carbocycles. The number of fused-ring (bicyclic) bond motifs is 1. The largest absolute Gasteiger partial charge is 0.493 e. The predicted molar refractivity (Wildman–Crippen MR) is 78.1 cm³/mol. The van der Waals surface area contributed by atoms with Gasteiger partial charge >= 0.3 is 0 Å². The summed E-state index contributed by atoms with van der Waals surface area (Å²) in [5.74, 6) is 0.900. The van der Waals surface area contributed by atoms with Crippen molar-refractivity contribution in [2.24, 2.45) is 0 Å². The third kappa shape index (κ3) is 2.43. The number of anilines is 1. The van der Waals surface area contributed by atoms with Gasteiger partial charge in [0, 0.05) is 23.9 Å². The lowest BCUT2D eigenvalue weighted by atomic mass is 10.2. The van der Waals surface area contributed by atoms with Gasteiger partial charge in [-0.3, -0.25) is 4.79 Å². The van der Waals surface area contributed by atoms with Crippen molar-refractivity contribution in [2.75, 3.05) is 19.5 Å². The summed E-state index contributed by atoms with van der Waals surface area (Å²) in [5, 5.41) is 2.79. The standard InChI is InChI=1S/C15H14N2O4/c1-19-12-4-3-9(7-14(12)20-2)16-15(18)11-8-13-10(17-11)5-6-21-13/h3-8,17H,1-2H3,(H,16,18). The molecule has 0 aliphatic carbocycles. The summed E-state index contributed by atoms with van der Waals surface area (Å²) in [6.45, 7) is 0. The zero-order valence-electron chi connectivity index (χ0n) is 11.6. The van der Waals surface area contributed by atoms with Crippen molar-refractivity contribution < 1.29 is 18.7 Å². The minimum absolute atomic E-state index is 0.256. The Morgan fingerprint density at radius 1 is 1.14 bits per heavy atom. The van der Waals surface area contributed by atoms with E-state index in [9.17, 15) is 4.79 Å². The molecule has 21 heavy (non-hydrogen) atoms. The molecular formula is C15H14N2O4. The van der Waals surface area contributed by atoms with Gasteiger partial charge in [0.15, 0.2) is 17.1 Å².